The molecule has 3 fully saturated rings. The van der Waals surface area contributed by atoms with Crippen molar-refractivity contribution in [2.75, 3.05) is 26.2 Å². The second-order valence-electron chi connectivity index (χ2n) is 9.39. The standard InChI is InChI=1S/C20H37NO3/c1-14-11-21(12-15(2)24-14)13-17(22)7-9-23-18-10-16-6-8-20(18,5)19(16,3)4/h14-18,22H,6-13H2,1-5H3/t14-,15+,16-,17-,18-,20-/m1/s1. The number of aliphatic hydroxyl groups is 1. The number of ether oxygens (including phenoxy) is 2. The molecular formula is C20H37NO3. The second kappa shape index (κ2) is 6.86. The zero-order chi connectivity index (χ0) is 17.5. The molecule has 0 aromatic carbocycles. The highest BCUT2D eigenvalue weighted by molar-refractivity contribution is 5.11. The van der Waals surface area contributed by atoms with E-state index in [0.29, 0.717) is 23.5 Å². The topological polar surface area (TPSA) is 41.9 Å². The molecule has 0 amide bonds. The van der Waals surface area contributed by atoms with Gasteiger partial charge in [-0.1, -0.05) is 20.8 Å². The monoisotopic (exact) mass is 339 g/mol. The van der Waals surface area contributed by atoms with Crippen molar-refractivity contribution in [2.24, 2.45) is 16.7 Å². The number of aliphatic hydroxyl groups excluding tert-OH is 1. The second-order valence-corrected chi connectivity index (χ2v) is 9.39. The summed E-state index contributed by atoms with van der Waals surface area (Å²) < 4.78 is 12.0. The minimum atomic E-state index is -0.304. The molecule has 4 heteroatoms. The van der Waals surface area contributed by atoms with Gasteiger partial charge in [-0.15, -0.1) is 0 Å². The Morgan fingerprint density at radius 3 is 2.42 bits per heavy atom. The number of fused-ring (bicyclic) bond motifs is 2. The fourth-order valence-corrected chi connectivity index (χ4v) is 5.55. The number of hydrogen-bond donors (Lipinski definition) is 1. The first-order valence-electron chi connectivity index (χ1n) is 9.90. The lowest BCUT2D eigenvalue weighted by Gasteiger charge is -2.39. The molecule has 1 heterocycles. The Hall–Kier alpha value is -0.160. The molecule has 3 rings (SSSR count). The maximum atomic E-state index is 10.4. The molecule has 3 aliphatic rings. The van der Waals surface area contributed by atoms with Crippen molar-refractivity contribution in [3.8, 4) is 0 Å². The van der Waals surface area contributed by atoms with Gasteiger partial charge in [-0.2, -0.15) is 0 Å². The van der Waals surface area contributed by atoms with Gasteiger partial charge in [0.05, 0.1) is 24.4 Å². The zero-order valence-corrected chi connectivity index (χ0v) is 16.3. The third-order valence-corrected chi connectivity index (χ3v) is 7.45. The summed E-state index contributed by atoms with van der Waals surface area (Å²) in [5.41, 5.74) is 0.716. The number of β-amino-alcohol motifs (C(OH)–C–C–N with tert-alkyl or cyclic N) is 1. The van der Waals surface area contributed by atoms with Gasteiger partial charge in [-0.05, 0) is 56.3 Å². The average molecular weight is 340 g/mol. The summed E-state index contributed by atoms with van der Waals surface area (Å²) in [4.78, 5) is 2.32. The van der Waals surface area contributed by atoms with Crippen LogP contribution in [0.25, 0.3) is 0 Å². The molecule has 0 aromatic heterocycles. The van der Waals surface area contributed by atoms with E-state index < -0.39 is 0 Å². The fourth-order valence-electron chi connectivity index (χ4n) is 5.55. The summed E-state index contributed by atoms with van der Waals surface area (Å²) in [7, 11) is 0. The Morgan fingerprint density at radius 1 is 1.21 bits per heavy atom. The van der Waals surface area contributed by atoms with Crippen molar-refractivity contribution in [1.29, 1.82) is 0 Å². The Bertz CT molecular complexity index is 431. The zero-order valence-electron chi connectivity index (χ0n) is 16.3. The number of rotatable bonds is 6. The molecule has 1 N–H and O–H groups in total. The highest BCUT2D eigenvalue weighted by Crippen LogP contribution is 2.66. The number of morpholine rings is 1. The largest absolute Gasteiger partial charge is 0.392 e. The smallest absolute Gasteiger partial charge is 0.0689 e. The van der Waals surface area contributed by atoms with Crippen molar-refractivity contribution >= 4 is 0 Å². The Morgan fingerprint density at radius 2 is 1.88 bits per heavy atom. The van der Waals surface area contributed by atoms with Gasteiger partial charge < -0.3 is 14.6 Å². The first-order chi connectivity index (χ1) is 11.2. The lowest BCUT2D eigenvalue weighted by Crippen LogP contribution is -2.48. The quantitative estimate of drug-likeness (QED) is 0.807. The molecule has 0 unspecified atom stereocenters. The third-order valence-electron chi connectivity index (χ3n) is 7.45. The summed E-state index contributed by atoms with van der Waals surface area (Å²) >= 11 is 0. The van der Waals surface area contributed by atoms with E-state index in [9.17, 15) is 5.11 Å². The van der Waals surface area contributed by atoms with Crippen molar-refractivity contribution < 1.29 is 14.6 Å². The van der Waals surface area contributed by atoms with Crippen LogP contribution in [0.5, 0.6) is 0 Å². The summed E-state index contributed by atoms with van der Waals surface area (Å²) in [6.07, 6.45) is 5.18. The predicted molar refractivity (Wildman–Crippen MR) is 96.0 cm³/mol. The first kappa shape index (κ1) is 18.6. The molecule has 0 radical (unpaired) electrons. The fraction of sp³-hybridized carbons (Fsp3) is 1.00. The van der Waals surface area contributed by atoms with E-state index in [2.05, 4.69) is 39.5 Å². The SMILES string of the molecule is C[C@@H]1CN(C[C@H](O)CCO[C@@H]2C[C@H]3CC[C@@]2(C)C3(C)C)C[C@H](C)O1. The maximum Gasteiger partial charge on any atom is 0.0689 e. The van der Waals surface area contributed by atoms with E-state index >= 15 is 0 Å². The van der Waals surface area contributed by atoms with Crippen LogP contribution in [0.4, 0.5) is 0 Å². The van der Waals surface area contributed by atoms with E-state index in [1.807, 2.05) is 0 Å². The molecule has 2 bridgehead atoms. The number of hydrogen-bond acceptors (Lipinski definition) is 4. The van der Waals surface area contributed by atoms with Crippen LogP contribution in [0.3, 0.4) is 0 Å². The van der Waals surface area contributed by atoms with Crippen LogP contribution in [0.15, 0.2) is 0 Å². The van der Waals surface area contributed by atoms with Gasteiger partial charge in [0.2, 0.25) is 0 Å². The van der Waals surface area contributed by atoms with Crippen LogP contribution >= 0.6 is 0 Å². The summed E-state index contributed by atoms with van der Waals surface area (Å²) in [5.74, 6) is 0.814. The predicted octanol–water partition coefficient (Wildman–Crippen LogP) is 3.08. The van der Waals surface area contributed by atoms with Crippen LogP contribution in [0.1, 0.15) is 60.3 Å². The van der Waals surface area contributed by atoms with Crippen LogP contribution in [0.2, 0.25) is 0 Å². The normalized spacial score (nSPS) is 43.2. The molecule has 1 aliphatic heterocycles. The van der Waals surface area contributed by atoms with Crippen LogP contribution in [-0.2, 0) is 9.47 Å². The van der Waals surface area contributed by atoms with Gasteiger partial charge in [0, 0.05) is 26.2 Å². The van der Waals surface area contributed by atoms with Crippen LogP contribution < -0.4 is 0 Å². The van der Waals surface area contributed by atoms with Crippen molar-refractivity contribution in [1.82, 2.24) is 4.90 Å². The van der Waals surface area contributed by atoms with Crippen LogP contribution in [0, 0.1) is 16.7 Å². The van der Waals surface area contributed by atoms with Gasteiger partial charge in [0.25, 0.3) is 0 Å². The minimum Gasteiger partial charge on any atom is -0.392 e. The average Bonchev–Trinajstić information content (AvgIpc) is 2.79. The van der Waals surface area contributed by atoms with E-state index in [1.165, 1.54) is 19.3 Å². The van der Waals surface area contributed by atoms with Crippen LogP contribution in [-0.4, -0.2) is 60.7 Å². The Labute approximate surface area is 147 Å². The molecule has 4 nitrogen and oxygen atoms in total. The highest BCUT2D eigenvalue weighted by Gasteiger charge is 2.61. The Balaban J connectivity index is 1.41. The number of nitrogens with zero attached hydrogens (tertiary/aromatic N) is 1. The van der Waals surface area contributed by atoms with E-state index in [1.54, 1.807) is 0 Å². The summed E-state index contributed by atoms with van der Waals surface area (Å²) in [6, 6.07) is 0. The van der Waals surface area contributed by atoms with Gasteiger partial charge in [-0.25, -0.2) is 0 Å². The summed E-state index contributed by atoms with van der Waals surface area (Å²) in [5, 5.41) is 10.4. The maximum absolute atomic E-state index is 10.4. The molecule has 24 heavy (non-hydrogen) atoms. The molecule has 1 saturated heterocycles. The molecule has 6 atom stereocenters. The van der Waals surface area contributed by atoms with Crippen molar-refractivity contribution in [2.45, 2.75) is 84.7 Å². The van der Waals surface area contributed by atoms with E-state index in [0.717, 1.165) is 32.0 Å². The summed E-state index contributed by atoms with van der Waals surface area (Å²) in [6.45, 7) is 14.7. The third kappa shape index (κ3) is 3.40. The minimum absolute atomic E-state index is 0.258. The van der Waals surface area contributed by atoms with Gasteiger partial charge >= 0.3 is 0 Å². The van der Waals surface area contributed by atoms with Crippen molar-refractivity contribution in [3.63, 3.8) is 0 Å². The first-order valence-corrected chi connectivity index (χ1v) is 9.90. The molecular weight excluding hydrogens is 302 g/mol. The van der Waals surface area contributed by atoms with Crippen molar-refractivity contribution in [3.05, 3.63) is 0 Å². The highest BCUT2D eigenvalue weighted by atomic mass is 16.5. The van der Waals surface area contributed by atoms with E-state index in [4.69, 9.17) is 9.47 Å². The molecule has 0 spiro atoms. The van der Waals surface area contributed by atoms with E-state index in [-0.39, 0.29) is 18.3 Å². The van der Waals surface area contributed by atoms with Gasteiger partial charge in [-0.3, -0.25) is 4.90 Å². The van der Waals surface area contributed by atoms with Gasteiger partial charge in [0.15, 0.2) is 0 Å². The lowest BCUT2D eigenvalue weighted by atomic mass is 9.70. The molecule has 2 aliphatic carbocycles. The Kier molecular flexibility index (Phi) is 5.33. The molecule has 2 saturated carbocycles. The lowest BCUT2D eigenvalue weighted by molar-refractivity contribution is -0.0825. The molecule has 0 aromatic rings. The van der Waals surface area contributed by atoms with Gasteiger partial charge in [0.1, 0.15) is 0 Å². The molecule has 140 valence electrons.